The van der Waals surface area contributed by atoms with E-state index in [1.165, 1.54) is 0 Å². The van der Waals surface area contributed by atoms with Gasteiger partial charge in [-0.15, -0.1) is 0 Å². The first-order valence-corrected chi connectivity index (χ1v) is 13.4. The van der Waals surface area contributed by atoms with Crippen molar-refractivity contribution in [3.8, 4) is 5.75 Å². The molecule has 1 aliphatic rings. The van der Waals surface area contributed by atoms with E-state index in [0.29, 0.717) is 13.0 Å². The molecule has 0 radical (unpaired) electrons. The van der Waals surface area contributed by atoms with Crippen molar-refractivity contribution in [2.24, 2.45) is 0 Å². The summed E-state index contributed by atoms with van der Waals surface area (Å²) in [4.78, 5) is 29.4. The second-order valence-electron chi connectivity index (χ2n) is 9.87. The third-order valence-electron chi connectivity index (χ3n) is 7.36. The number of nitrogens with one attached hydrogen (secondary N) is 1. The number of hydrogen-bond donors (Lipinski definition) is 1. The largest absolute Gasteiger partial charge is 0.497 e. The second kappa shape index (κ2) is 13.1. The number of nitrogens with zero attached hydrogens (tertiary/aromatic N) is 1. The highest BCUT2D eigenvalue weighted by atomic mass is 16.5. The first kappa shape index (κ1) is 26.5. The van der Waals surface area contributed by atoms with E-state index in [2.05, 4.69) is 29.6 Å². The number of methoxy groups -OCH3 is 1. The molecular formula is C32H38N2O3. The molecule has 1 N–H and O–H groups in total. The minimum atomic E-state index is -0.536. The summed E-state index contributed by atoms with van der Waals surface area (Å²) in [6, 6.07) is 27.7. The Kier molecular flexibility index (Phi) is 9.36. The smallest absolute Gasteiger partial charge is 0.243 e. The number of carbonyl (C=O) groups excluding carboxylic acids is 2. The van der Waals surface area contributed by atoms with E-state index in [9.17, 15) is 9.59 Å². The minimum absolute atomic E-state index is 0.0334. The molecule has 1 saturated carbocycles. The summed E-state index contributed by atoms with van der Waals surface area (Å²) < 4.78 is 5.42. The van der Waals surface area contributed by atoms with Crippen LogP contribution in [-0.4, -0.2) is 35.9 Å². The molecule has 3 aromatic rings. The third kappa shape index (κ3) is 7.00. The summed E-state index contributed by atoms with van der Waals surface area (Å²) >= 11 is 0. The second-order valence-corrected chi connectivity index (χ2v) is 9.87. The Labute approximate surface area is 220 Å². The molecule has 2 amide bonds. The maximum atomic E-state index is 14.1. The maximum absolute atomic E-state index is 14.1. The van der Waals surface area contributed by atoms with Crippen LogP contribution in [0.4, 0.5) is 0 Å². The Morgan fingerprint density at radius 3 is 2.11 bits per heavy atom. The number of rotatable bonds is 11. The lowest BCUT2D eigenvalue weighted by Crippen LogP contribution is -2.51. The molecule has 5 nitrogen and oxygen atoms in total. The van der Waals surface area contributed by atoms with Crippen molar-refractivity contribution in [3.63, 3.8) is 0 Å². The SMILES string of the molecule is CC[C@H](C(=O)NC1CCCC1)N(Cc1cccc(OC)c1)C(=O)CC(c1ccccc1)c1ccccc1. The average Bonchev–Trinajstić information content (AvgIpc) is 3.45. The predicted molar refractivity (Wildman–Crippen MR) is 147 cm³/mol. The van der Waals surface area contributed by atoms with E-state index in [-0.39, 0.29) is 30.2 Å². The fraction of sp³-hybridized carbons (Fsp3) is 0.375. The Hall–Kier alpha value is -3.60. The van der Waals surface area contributed by atoms with Crippen LogP contribution in [0.2, 0.25) is 0 Å². The number of carbonyl (C=O) groups is 2. The van der Waals surface area contributed by atoms with E-state index in [1.807, 2.05) is 67.6 Å². The molecule has 0 heterocycles. The van der Waals surface area contributed by atoms with Gasteiger partial charge in [0.05, 0.1) is 7.11 Å². The summed E-state index contributed by atoms with van der Waals surface area (Å²) in [5, 5.41) is 3.23. The summed E-state index contributed by atoms with van der Waals surface area (Å²) in [6.07, 6.45) is 5.14. The molecule has 0 saturated heterocycles. The fourth-order valence-electron chi connectivity index (χ4n) is 5.35. The third-order valence-corrected chi connectivity index (χ3v) is 7.36. The summed E-state index contributed by atoms with van der Waals surface area (Å²) in [7, 11) is 1.64. The molecule has 0 aromatic heterocycles. The van der Waals surface area contributed by atoms with Gasteiger partial charge in [-0.1, -0.05) is 92.6 Å². The maximum Gasteiger partial charge on any atom is 0.243 e. The summed E-state index contributed by atoms with van der Waals surface area (Å²) in [5.74, 6) is 0.550. The van der Waals surface area contributed by atoms with Gasteiger partial charge in [-0.05, 0) is 48.1 Å². The van der Waals surface area contributed by atoms with Crippen LogP contribution < -0.4 is 10.1 Å². The van der Waals surface area contributed by atoms with Crippen LogP contribution >= 0.6 is 0 Å². The van der Waals surface area contributed by atoms with Crippen molar-refractivity contribution < 1.29 is 14.3 Å². The van der Waals surface area contributed by atoms with Crippen molar-refractivity contribution in [1.82, 2.24) is 10.2 Å². The molecule has 1 fully saturated rings. The van der Waals surface area contributed by atoms with Crippen LogP contribution in [0.25, 0.3) is 0 Å². The first-order valence-electron chi connectivity index (χ1n) is 13.4. The quantitative estimate of drug-likeness (QED) is 0.348. The van der Waals surface area contributed by atoms with Gasteiger partial charge in [0.1, 0.15) is 11.8 Å². The van der Waals surface area contributed by atoms with Gasteiger partial charge < -0.3 is 15.0 Å². The average molecular weight is 499 g/mol. The van der Waals surface area contributed by atoms with E-state index >= 15 is 0 Å². The molecule has 1 atom stereocenters. The van der Waals surface area contributed by atoms with Gasteiger partial charge in [-0.3, -0.25) is 9.59 Å². The van der Waals surface area contributed by atoms with Crippen molar-refractivity contribution in [3.05, 3.63) is 102 Å². The van der Waals surface area contributed by atoms with Gasteiger partial charge in [-0.2, -0.15) is 0 Å². The minimum Gasteiger partial charge on any atom is -0.497 e. The van der Waals surface area contributed by atoms with E-state index < -0.39 is 6.04 Å². The standard InChI is InChI=1S/C32H38N2O3/c1-3-30(32(36)33-27-18-10-11-19-27)34(23-24-13-12-20-28(21-24)37-2)31(35)22-29(25-14-6-4-7-15-25)26-16-8-5-9-17-26/h4-9,12-17,20-21,27,29-30H,3,10-11,18-19,22-23H2,1-2H3,(H,33,36)/t30-/m1/s1. The van der Waals surface area contributed by atoms with E-state index in [4.69, 9.17) is 4.74 Å². The Morgan fingerprint density at radius 2 is 1.54 bits per heavy atom. The molecule has 3 aromatic carbocycles. The number of benzene rings is 3. The molecule has 0 spiro atoms. The lowest BCUT2D eigenvalue weighted by atomic mass is 9.88. The van der Waals surface area contributed by atoms with Crippen LogP contribution in [0.15, 0.2) is 84.9 Å². The normalized spacial score (nSPS) is 14.4. The lowest BCUT2D eigenvalue weighted by Gasteiger charge is -2.33. The van der Waals surface area contributed by atoms with Crippen molar-refractivity contribution in [2.45, 2.75) is 70.0 Å². The van der Waals surface area contributed by atoms with Crippen LogP contribution in [-0.2, 0) is 16.1 Å². The van der Waals surface area contributed by atoms with Crippen molar-refractivity contribution in [1.29, 1.82) is 0 Å². The van der Waals surface area contributed by atoms with E-state index in [1.54, 1.807) is 12.0 Å². The Balaban J connectivity index is 1.64. The molecule has 0 aliphatic heterocycles. The molecule has 1 aliphatic carbocycles. The van der Waals surface area contributed by atoms with Gasteiger partial charge in [-0.25, -0.2) is 0 Å². The van der Waals surface area contributed by atoms with Crippen LogP contribution in [0.5, 0.6) is 5.75 Å². The van der Waals surface area contributed by atoms with Gasteiger partial charge in [0.15, 0.2) is 0 Å². The van der Waals surface area contributed by atoms with Gasteiger partial charge in [0.25, 0.3) is 0 Å². The monoisotopic (exact) mass is 498 g/mol. The van der Waals surface area contributed by atoms with Gasteiger partial charge in [0, 0.05) is 24.9 Å². The molecule has 5 heteroatoms. The lowest BCUT2D eigenvalue weighted by molar-refractivity contribution is -0.141. The van der Waals surface area contributed by atoms with Gasteiger partial charge >= 0.3 is 0 Å². The van der Waals surface area contributed by atoms with Crippen LogP contribution in [0.1, 0.15) is 68.1 Å². The van der Waals surface area contributed by atoms with Crippen molar-refractivity contribution in [2.75, 3.05) is 7.11 Å². The van der Waals surface area contributed by atoms with Gasteiger partial charge in [0.2, 0.25) is 11.8 Å². The highest BCUT2D eigenvalue weighted by Crippen LogP contribution is 2.30. The summed E-state index contributed by atoms with van der Waals surface area (Å²) in [6.45, 7) is 2.33. The topological polar surface area (TPSA) is 58.6 Å². The molecule has 194 valence electrons. The zero-order valence-corrected chi connectivity index (χ0v) is 21.9. The zero-order chi connectivity index (χ0) is 26.0. The molecule has 0 bridgehead atoms. The number of hydrogen-bond acceptors (Lipinski definition) is 3. The fourth-order valence-corrected chi connectivity index (χ4v) is 5.35. The van der Waals surface area contributed by atoms with Crippen LogP contribution in [0, 0.1) is 0 Å². The Morgan fingerprint density at radius 1 is 0.919 bits per heavy atom. The molecule has 4 rings (SSSR count). The highest BCUT2D eigenvalue weighted by Gasteiger charge is 2.32. The Bertz CT molecular complexity index is 1100. The molecule has 0 unspecified atom stereocenters. The number of ether oxygens (including phenoxy) is 1. The number of amides is 2. The molecular weight excluding hydrogens is 460 g/mol. The highest BCUT2D eigenvalue weighted by molar-refractivity contribution is 5.88. The van der Waals surface area contributed by atoms with Crippen LogP contribution in [0.3, 0.4) is 0 Å². The van der Waals surface area contributed by atoms with E-state index in [0.717, 1.165) is 48.1 Å². The molecule has 37 heavy (non-hydrogen) atoms. The first-order chi connectivity index (χ1) is 18.1. The summed E-state index contributed by atoms with van der Waals surface area (Å²) in [5.41, 5.74) is 3.12. The predicted octanol–water partition coefficient (Wildman–Crippen LogP) is 6.08. The van der Waals surface area contributed by atoms with Crippen molar-refractivity contribution >= 4 is 11.8 Å². The zero-order valence-electron chi connectivity index (χ0n) is 21.9.